The van der Waals surface area contributed by atoms with Gasteiger partial charge in [-0.25, -0.2) is 0 Å². The second kappa shape index (κ2) is 8.15. The summed E-state index contributed by atoms with van der Waals surface area (Å²) >= 11 is 0. The second-order valence-corrected chi connectivity index (χ2v) is 5.18. The number of rotatable bonds is 8. The molecule has 108 valence electrons. The number of benzene rings is 1. The molecule has 1 unspecified atom stereocenters. The number of hydrogen-bond acceptors (Lipinski definition) is 4. The van der Waals surface area contributed by atoms with Crippen LogP contribution in [-0.4, -0.2) is 64.7 Å². The highest BCUT2D eigenvalue weighted by Crippen LogP contribution is 2.19. The van der Waals surface area contributed by atoms with Crippen molar-refractivity contribution in [2.45, 2.75) is 6.04 Å². The molecule has 0 aliphatic carbocycles. The standard InChI is InChI=1S/C15H27N3O/c1-16-15(12-18(4)10-9-17(2)3)13-7-6-8-14(11-13)19-5/h6-8,11,15-16H,9-10,12H2,1-5H3. The summed E-state index contributed by atoms with van der Waals surface area (Å²) in [6.07, 6.45) is 0. The van der Waals surface area contributed by atoms with Gasteiger partial charge < -0.3 is 19.9 Å². The van der Waals surface area contributed by atoms with Crippen molar-refractivity contribution in [3.63, 3.8) is 0 Å². The van der Waals surface area contributed by atoms with Crippen LogP contribution in [0.4, 0.5) is 0 Å². The molecular formula is C15H27N3O. The van der Waals surface area contributed by atoms with Gasteiger partial charge in [0.05, 0.1) is 7.11 Å². The van der Waals surface area contributed by atoms with Gasteiger partial charge in [-0.3, -0.25) is 0 Å². The Labute approximate surface area is 117 Å². The first-order valence-electron chi connectivity index (χ1n) is 6.71. The Morgan fingerprint density at radius 1 is 1.21 bits per heavy atom. The zero-order chi connectivity index (χ0) is 14.3. The van der Waals surface area contributed by atoms with E-state index < -0.39 is 0 Å². The van der Waals surface area contributed by atoms with Crippen LogP contribution in [0.3, 0.4) is 0 Å². The molecule has 0 fully saturated rings. The third kappa shape index (κ3) is 5.59. The molecule has 4 nitrogen and oxygen atoms in total. The lowest BCUT2D eigenvalue weighted by Gasteiger charge is -2.25. The number of hydrogen-bond donors (Lipinski definition) is 1. The van der Waals surface area contributed by atoms with Crippen molar-refractivity contribution in [2.24, 2.45) is 0 Å². The van der Waals surface area contributed by atoms with Gasteiger partial charge in [0.25, 0.3) is 0 Å². The van der Waals surface area contributed by atoms with Crippen LogP contribution in [0.1, 0.15) is 11.6 Å². The van der Waals surface area contributed by atoms with E-state index in [1.54, 1.807) is 7.11 Å². The summed E-state index contributed by atoms with van der Waals surface area (Å²) in [6, 6.07) is 8.58. The largest absolute Gasteiger partial charge is 0.497 e. The Hall–Kier alpha value is -1.10. The van der Waals surface area contributed by atoms with Crippen molar-refractivity contribution in [2.75, 3.05) is 54.9 Å². The van der Waals surface area contributed by atoms with Crippen molar-refractivity contribution in [1.82, 2.24) is 15.1 Å². The molecule has 19 heavy (non-hydrogen) atoms. The van der Waals surface area contributed by atoms with E-state index in [1.165, 1.54) is 5.56 Å². The number of nitrogens with zero attached hydrogens (tertiary/aromatic N) is 2. The monoisotopic (exact) mass is 265 g/mol. The minimum Gasteiger partial charge on any atom is -0.497 e. The predicted octanol–water partition coefficient (Wildman–Crippen LogP) is 1.45. The summed E-state index contributed by atoms with van der Waals surface area (Å²) in [4.78, 5) is 4.55. The fraction of sp³-hybridized carbons (Fsp3) is 0.600. The Balaban J connectivity index is 2.61. The smallest absolute Gasteiger partial charge is 0.119 e. The lowest BCUT2D eigenvalue weighted by Crippen LogP contribution is -2.35. The van der Waals surface area contributed by atoms with Gasteiger partial charge in [-0.05, 0) is 45.9 Å². The minimum atomic E-state index is 0.322. The molecule has 1 atom stereocenters. The van der Waals surface area contributed by atoms with Crippen LogP contribution in [0.5, 0.6) is 5.75 Å². The van der Waals surface area contributed by atoms with Crippen molar-refractivity contribution >= 4 is 0 Å². The van der Waals surface area contributed by atoms with Gasteiger partial charge in [-0.1, -0.05) is 12.1 Å². The van der Waals surface area contributed by atoms with Gasteiger partial charge in [0.1, 0.15) is 5.75 Å². The summed E-state index contributed by atoms with van der Waals surface area (Å²) in [5.41, 5.74) is 1.26. The molecule has 0 saturated heterocycles. The van der Waals surface area contributed by atoms with E-state index in [-0.39, 0.29) is 0 Å². The highest BCUT2D eigenvalue weighted by molar-refractivity contribution is 5.30. The van der Waals surface area contributed by atoms with Crippen LogP contribution in [0.25, 0.3) is 0 Å². The highest BCUT2D eigenvalue weighted by atomic mass is 16.5. The highest BCUT2D eigenvalue weighted by Gasteiger charge is 2.12. The van der Waals surface area contributed by atoms with E-state index in [0.29, 0.717) is 6.04 Å². The number of methoxy groups -OCH3 is 1. The van der Waals surface area contributed by atoms with Gasteiger partial charge in [-0.15, -0.1) is 0 Å². The molecule has 0 radical (unpaired) electrons. The minimum absolute atomic E-state index is 0.322. The van der Waals surface area contributed by atoms with Crippen LogP contribution in [0, 0.1) is 0 Å². The molecule has 1 aromatic rings. The Bertz CT molecular complexity index is 368. The van der Waals surface area contributed by atoms with Crippen LogP contribution in [0.15, 0.2) is 24.3 Å². The van der Waals surface area contributed by atoms with Gasteiger partial charge in [0.2, 0.25) is 0 Å². The summed E-state index contributed by atoms with van der Waals surface area (Å²) in [5.74, 6) is 0.911. The number of ether oxygens (including phenoxy) is 1. The quantitative estimate of drug-likeness (QED) is 0.770. The molecule has 0 saturated carbocycles. The lowest BCUT2D eigenvalue weighted by atomic mass is 10.1. The fourth-order valence-corrected chi connectivity index (χ4v) is 2.00. The van der Waals surface area contributed by atoms with Gasteiger partial charge >= 0.3 is 0 Å². The molecule has 0 aliphatic heterocycles. The topological polar surface area (TPSA) is 27.7 Å². The summed E-state index contributed by atoms with van der Waals surface area (Å²) in [6.45, 7) is 3.12. The van der Waals surface area contributed by atoms with E-state index >= 15 is 0 Å². The third-order valence-corrected chi connectivity index (χ3v) is 3.27. The summed E-state index contributed by atoms with van der Waals surface area (Å²) < 4.78 is 5.29. The Morgan fingerprint density at radius 2 is 1.95 bits per heavy atom. The van der Waals surface area contributed by atoms with Crippen molar-refractivity contribution in [1.29, 1.82) is 0 Å². The molecule has 1 N–H and O–H groups in total. The first-order chi connectivity index (χ1) is 9.06. The maximum atomic E-state index is 5.29. The van der Waals surface area contributed by atoms with E-state index in [2.05, 4.69) is 48.4 Å². The first kappa shape index (κ1) is 16.0. The van der Waals surface area contributed by atoms with Gasteiger partial charge in [0.15, 0.2) is 0 Å². The van der Waals surface area contributed by atoms with Gasteiger partial charge in [0, 0.05) is 25.7 Å². The Kier molecular flexibility index (Phi) is 6.84. The third-order valence-electron chi connectivity index (χ3n) is 3.27. The molecule has 0 aromatic heterocycles. The van der Waals surface area contributed by atoms with Crippen LogP contribution >= 0.6 is 0 Å². The summed E-state index contributed by atoms with van der Waals surface area (Å²) in [7, 11) is 10.1. The molecule has 0 aliphatic rings. The van der Waals surface area contributed by atoms with E-state index in [0.717, 1.165) is 25.4 Å². The first-order valence-corrected chi connectivity index (χ1v) is 6.71. The summed E-state index contributed by atoms with van der Waals surface area (Å²) in [5, 5.41) is 3.38. The molecule has 1 rings (SSSR count). The van der Waals surface area contributed by atoms with Crippen molar-refractivity contribution in [3.05, 3.63) is 29.8 Å². The molecule has 0 heterocycles. The van der Waals surface area contributed by atoms with E-state index in [1.807, 2.05) is 19.2 Å². The van der Waals surface area contributed by atoms with E-state index in [4.69, 9.17) is 4.74 Å². The fourth-order valence-electron chi connectivity index (χ4n) is 2.00. The van der Waals surface area contributed by atoms with E-state index in [9.17, 15) is 0 Å². The number of likely N-dealkylation sites (N-methyl/N-ethyl adjacent to an activating group) is 3. The molecule has 1 aromatic carbocycles. The van der Waals surface area contributed by atoms with Crippen LogP contribution in [0.2, 0.25) is 0 Å². The van der Waals surface area contributed by atoms with Crippen LogP contribution in [-0.2, 0) is 0 Å². The molecule has 0 bridgehead atoms. The molecule has 4 heteroatoms. The zero-order valence-electron chi connectivity index (χ0n) is 12.8. The number of nitrogens with one attached hydrogen (secondary N) is 1. The SMILES string of the molecule is CNC(CN(C)CCN(C)C)c1cccc(OC)c1. The maximum Gasteiger partial charge on any atom is 0.119 e. The maximum absolute atomic E-state index is 5.29. The zero-order valence-corrected chi connectivity index (χ0v) is 12.8. The van der Waals surface area contributed by atoms with Crippen molar-refractivity contribution in [3.8, 4) is 5.75 Å². The van der Waals surface area contributed by atoms with Crippen LogP contribution < -0.4 is 10.1 Å². The molecule has 0 amide bonds. The average Bonchev–Trinajstić information content (AvgIpc) is 2.42. The lowest BCUT2D eigenvalue weighted by molar-refractivity contribution is 0.260. The molecular weight excluding hydrogens is 238 g/mol. The van der Waals surface area contributed by atoms with Gasteiger partial charge in [-0.2, -0.15) is 0 Å². The normalized spacial score (nSPS) is 13.0. The average molecular weight is 265 g/mol. The molecule has 0 spiro atoms. The predicted molar refractivity (Wildman–Crippen MR) is 80.8 cm³/mol. The second-order valence-electron chi connectivity index (χ2n) is 5.18. The Morgan fingerprint density at radius 3 is 2.53 bits per heavy atom. The van der Waals surface area contributed by atoms with Crippen molar-refractivity contribution < 1.29 is 4.74 Å².